The summed E-state index contributed by atoms with van der Waals surface area (Å²) in [7, 11) is 3.12. The van der Waals surface area contributed by atoms with Crippen LogP contribution in [0.1, 0.15) is 25.7 Å². The number of carbonyl (C=O) groups is 2. The van der Waals surface area contributed by atoms with E-state index in [1.807, 2.05) is 0 Å². The first-order chi connectivity index (χ1) is 8.95. The van der Waals surface area contributed by atoms with Crippen molar-refractivity contribution in [1.29, 1.82) is 0 Å². The molecular weight excluding hydrogens is 250 g/mol. The van der Waals surface area contributed by atoms with Crippen molar-refractivity contribution in [1.82, 2.24) is 4.90 Å². The Hall–Kier alpha value is -1.14. The van der Waals surface area contributed by atoms with E-state index in [9.17, 15) is 14.7 Å². The Bertz CT molecular complexity index is 320. The maximum atomic E-state index is 12.2. The van der Waals surface area contributed by atoms with E-state index < -0.39 is 18.0 Å². The molecule has 0 spiro atoms. The van der Waals surface area contributed by atoms with Gasteiger partial charge in [-0.15, -0.1) is 0 Å². The Balaban J connectivity index is 2.49. The Morgan fingerprint density at radius 3 is 2.58 bits per heavy atom. The summed E-state index contributed by atoms with van der Waals surface area (Å²) in [5.41, 5.74) is 0. The molecule has 0 heterocycles. The fraction of sp³-hybridized carbons (Fsp3) is 0.846. The minimum absolute atomic E-state index is 0.0823. The molecule has 19 heavy (non-hydrogen) atoms. The molecule has 0 aliphatic heterocycles. The van der Waals surface area contributed by atoms with Crippen molar-refractivity contribution in [3.63, 3.8) is 0 Å². The summed E-state index contributed by atoms with van der Waals surface area (Å²) in [6.07, 6.45) is 1.83. The Morgan fingerprint density at radius 1 is 1.37 bits per heavy atom. The molecule has 0 aromatic heterocycles. The first-order valence-corrected chi connectivity index (χ1v) is 6.60. The smallest absolute Gasteiger partial charge is 0.306 e. The molecule has 0 radical (unpaired) electrons. The number of hydrogen-bond acceptors (Lipinski definition) is 4. The third kappa shape index (κ3) is 4.80. The van der Waals surface area contributed by atoms with Gasteiger partial charge in [0.25, 0.3) is 0 Å². The lowest BCUT2D eigenvalue weighted by Crippen LogP contribution is -2.41. The fourth-order valence-corrected chi connectivity index (χ4v) is 2.60. The van der Waals surface area contributed by atoms with Crippen LogP contribution in [0.4, 0.5) is 0 Å². The molecule has 2 N–H and O–H groups in total. The van der Waals surface area contributed by atoms with E-state index in [0.29, 0.717) is 12.8 Å². The zero-order chi connectivity index (χ0) is 14.4. The van der Waals surface area contributed by atoms with Crippen LogP contribution in [0.5, 0.6) is 0 Å². The summed E-state index contributed by atoms with van der Waals surface area (Å²) in [5, 5.41) is 18.6. The van der Waals surface area contributed by atoms with E-state index in [2.05, 4.69) is 0 Å². The van der Waals surface area contributed by atoms with Crippen molar-refractivity contribution in [3.05, 3.63) is 0 Å². The van der Waals surface area contributed by atoms with Crippen molar-refractivity contribution in [2.45, 2.75) is 31.8 Å². The summed E-state index contributed by atoms with van der Waals surface area (Å²) in [5.74, 6) is -1.56. The predicted octanol–water partition coefficient (Wildman–Crippen LogP) is 0.343. The van der Waals surface area contributed by atoms with Gasteiger partial charge in [0, 0.05) is 26.6 Å². The van der Waals surface area contributed by atoms with Gasteiger partial charge in [-0.25, -0.2) is 0 Å². The van der Waals surface area contributed by atoms with Gasteiger partial charge in [-0.05, 0) is 19.3 Å². The van der Waals surface area contributed by atoms with Crippen LogP contribution in [0.25, 0.3) is 0 Å². The van der Waals surface area contributed by atoms with Crippen LogP contribution in [0.15, 0.2) is 0 Å². The van der Waals surface area contributed by atoms with E-state index in [1.54, 1.807) is 7.05 Å². The lowest BCUT2D eigenvalue weighted by Gasteiger charge is -2.30. The lowest BCUT2D eigenvalue weighted by molar-refractivity contribution is -0.145. The molecule has 3 unspecified atom stereocenters. The number of rotatable bonds is 6. The molecule has 1 saturated carbocycles. The van der Waals surface area contributed by atoms with Crippen LogP contribution >= 0.6 is 0 Å². The molecule has 0 saturated heterocycles. The van der Waals surface area contributed by atoms with Gasteiger partial charge in [0.2, 0.25) is 5.91 Å². The number of carboxylic acid groups (broad SMARTS) is 1. The zero-order valence-corrected chi connectivity index (χ0v) is 11.5. The van der Waals surface area contributed by atoms with Crippen LogP contribution < -0.4 is 0 Å². The summed E-state index contributed by atoms with van der Waals surface area (Å²) in [4.78, 5) is 24.6. The molecule has 1 amide bonds. The highest BCUT2D eigenvalue weighted by atomic mass is 16.5. The number of carbonyl (C=O) groups excluding carboxylic acids is 1. The number of aliphatic carboxylic acids is 1. The van der Waals surface area contributed by atoms with E-state index in [0.717, 1.165) is 12.8 Å². The van der Waals surface area contributed by atoms with Gasteiger partial charge in [0.05, 0.1) is 18.6 Å². The van der Waals surface area contributed by atoms with Crippen molar-refractivity contribution < 1.29 is 24.5 Å². The van der Waals surface area contributed by atoms with Crippen LogP contribution in [-0.4, -0.2) is 60.4 Å². The van der Waals surface area contributed by atoms with Crippen LogP contribution in [0, 0.1) is 11.8 Å². The summed E-state index contributed by atoms with van der Waals surface area (Å²) in [6, 6.07) is 0. The first kappa shape index (κ1) is 15.9. The maximum absolute atomic E-state index is 12.2. The number of ether oxygens (including phenoxy) is 1. The van der Waals surface area contributed by atoms with Crippen molar-refractivity contribution >= 4 is 11.9 Å². The van der Waals surface area contributed by atoms with Crippen LogP contribution in [0.3, 0.4) is 0 Å². The zero-order valence-electron chi connectivity index (χ0n) is 11.5. The number of nitrogens with zero attached hydrogens (tertiary/aromatic N) is 1. The quantitative estimate of drug-likeness (QED) is 0.729. The molecule has 1 rings (SSSR count). The van der Waals surface area contributed by atoms with Crippen LogP contribution in [-0.2, 0) is 14.3 Å². The van der Waals surface area contributed by atoms with Gasteiger partial charge in [-0.2, -0.15) is 0 Å². The minimum Gasteiger partial charge on any atom is -0.481 e. The van der Waals surface area contributed by atoms with Gasteiger partial charge in [0.1, 0.15) is 0 Å². The van der Waals surface area contributed by atoms with Gasteiger partial charge >= 0.3 is 5.97 Å². The number of amides is 1. The number of likely N-dealkylation sites (N-methyl/N-ethyl adjacent to an activating group) is 1. The first-order valence-electron chi connectivity index (χ1n) is 6.60. The van der Waals surface area contributed by atoms with Gasteiger partial charge in [-0.1, -0.05) is 6.42 Å². The average molecular weight is 273 g/mol. The average Bonchev–Trinajstić information content (AvgIpc) is 2.38. The van der Waals surface area contributed by atoms with Crippen molar-refractivity contribution in [2.24, 2.45) is 11.8 Å². The van der Waals surface area contributed by atoms with E-state index in [1.165, 1.54) is 12.0 Å². The SMILES string of the molecule is COCC(O)CN(C)C(=O)C1CCCC(C(=O)O)C1. The molecule has 3 atom stereocenters. The largest absolute Gasteiger partial charge is 0.481 e. The highest BCUT2D eigenvalue weighted by molar-refractivity contribution is 5.80. The normalized spacial score (nSPS) is 24.8. The molecule has 1 aliphatic rings. The number of aliphatic hydroxyl groups is 1. The van der Waals surface area contributed by atoms with E-state index >= 15 is 0 Å². The van der Waals surface area contributed by atoms with E-state index in [4.69, 9.17) is 9.84 Å². The summed E-state index contributed by atoms with van der Waals surface area (Å²) >= 11 is 0. The molecule has 6 heteroatoms. The maximum Gasteiger partial charge on any atom is 0.306 e. The molecule has 110 valence electrons. The lowest BCUT2D eigenvalue weighted by atomic mass is 9.81. The summed E-state index contributed by atoms with van der Waals surface area (Å²) < 4.78 is 4.81. The number of hydrogen-bond donors (Lipinski definition) is 2. The minimum atomic E-state index is -0.820. The molecular formula is C13H23NO5. The standard InChI is InChI=1S/C13H23NO5/c1-14(7-11(15)8-19-2)12(16)9-4-3-5-10(6-9)13(17)18/h9-11,15H,3-8H2,1-2H3,(H,17,18). The van der Waals surface area contributed by atoms with Gasteiger partial charge in [-0.3, -0.25) is 9.59 Å². The molecule has 6 nitrogen and oxygen atoms in total. The number of aliphatic hydroxyl groups excluding tert-OH is 1. The third-order valence-electron chi connectivity index (χ3n) is 3.59. The van der Waals surface area contributed by atoms with E-state index in [-0.39, 0.29) is 25.0 Å². The van der Waals surface area contributed by atoms with Gasteiger partial charge in [0.15, 0.2) is 0 Å². The second kappa shape index (κ2) is 7.45. The Morgan fingerprint density at radius 2 is 2.00 bits per heavy atom. The highest BCUT2D eigenvalue weighted by Gasteiger charge is 2.32. The molecule has 0 aromatic carbocycles. The Labute approximate surface area is 113 Å². The number of carboxylic acids is 1. The highest BCUT2D eigenvalue weighted by Crippen LogP contribution is 2.30. The van der Waals surface area contributed by atoms with Crippen LogP contribution in [0.2, 0.25) is 0 Å². The molecule has 0 aromatic rings. The fourth-order valence-electron chi connectivity index (χ4n) is 2.60. The molecule has 0 bridgehead atoms. The number of methoxy groups -OCH3 is 1. The monoisotopic (exact) mass is 273 g/mol. The second-order valence-corrected chi connectivity index (χ2v) is 5.23. The topological polar surface area (TPSA) is 87.1 Å². The van der Waals surface area contributed by atoms with Crippen molar-refractivity contribution in [3.8, 4) is 0 Å². The Kier molecular flexibility index (Phi) is 6.24. The predicted molar refractivity (Wildman–Crippen MR) is 68.6 cm³/mol. The summed E-state index contributed by atoms with van der Waals surface area (Å²) in [6.45, 7) is 0.390. The molecule has 1 aliphatic carbocycles. The second-order valence-electron chi connectivity index (χ2n) is 5.23. The van der Waals surface area contributed by atoms with Gasteiger partial charge < -0.3 is 19.8 Å². The third-order valence-corrected chi connectivity index (χ3v) is 3.59. The molecule has 1 fully saturated rings. The van der Waals surface area contributed by atoms with Crippen molar-refractivity contribution in [2.75, 3.05) is 27.3 Å².